The van der Waals surface area contributed by atoms with E-state index >= 15 is 0 Å². The maximum absolute atomic E-state index is 12.4. The van der Waals surface area contributed by atoms with Crippen LogP contribution in [0.3, 0.4) is 0 Å². The SMILES string of the molecule is Cc1ccc(N(C(=O)CN=Nc2ccc(C)cc2Cl)C(C)O)cc1. The quantitative estimate of drug-likeness (QED) is 0.644. The molecule has 0 aliphatic heterocycles. The van der Waals surface area contributed by atoms with E-state index in [1.54, 1.807) is 24.3 Å². The highest BCUT2D eigenvalue weighted by molar-refractivity contribution is 6.33. The molecule has 0 fully saturated rings. The van der Waals surface area contributed by atoms with Gasteiger partial charge in [0.1, 0.15) is 18.5 Å². The summed E-state index contributed by atoms with van der Waals surface area (Å²) in [6, 6.07) is 12.7. The Balaban J connectivity index is 2.11. The smallest absolute Gasteiger partial charge is 0.252 e. The molecule has 2 aromatic rings. The number of benzene rings is 2. The molecule has 0 radical (unpaired) electrons. The molecule has 0 saturated heterocycles. The minimum Gasteiger partial charge on any atom is -0.373 e. The summed E-state index contributed by atoms with van der Waals surface area (Å²) in [5.74, 6) is -0.346. The largest absolute Gasteiger partial charge is 0.373 e. The Morgan fingerprint density at radius 2 is 1.79 bits per heavy atom. The van der Waals surface area contributed by atoms with Crippen molar-refractivity contribution in [3.63, 3.8) is 0 Å². The lowest BCUT2D eigenvalue weighted by atomic mass is 10.2. The van der Waals surface area contributed by atoms with E-state index in [1.807, 2.05) is 32.0 Å². The van der Waals surface area contributed by atoms with Gasteiger partial charge in [-0.2, -0.15) is 10.2 Å². The fourth-order valence-electron chi connectivity index (χ4n) is 2.21. The number of anilines is 1. The first-order chi connectivity index (χ1) is 11.4. The molecule has 2 aromatic carbocycles. The van der Waals surface area contributed by atoms with Gasteiger partial charge in [-0.1, -0.05) is 35.4 Å². The van der Waals surface area contributed by atoms with Crippen LogP contribution in [0.25, 0.3) is 0 Å². The highest BCUT2D eigenvalue weighted by Crippen LogP contribution is 2.26. The zero-order chi connectivity index (χ0) is 17.7. The summed E-state index contributed by atoms with van der Waals surface area (Å²) in [6.45, 7) is 5.24. The second kappa shape index (κ2) is 8.04. The minimum atomic E-state index is -0.960. The molecule has 5 nitrogen and oxygen atoms in total. The lowest BCUT2D eigenvalue weighted by Gasteiger charge is -2.25. The number of aryl methyl sites for hydroxylation is 2. The highest BCUT2D eigenvalue weighted by atomic mass is 35.5. The third-order valence-corrected chi connectivity index (χ3v) is 3.74. The van der Waals surface area contributed by atoms with E-state index in [0.29, 0.717) is 16.4 Å². The number of carbonyl (C=O) groups excluding carboxylic acids is 1. The first kappa shape index (κ1) is 18.1. The Kier molecular flexibility index (Phi) is 6.06. The number of aliphatic hydroxyl groups is 1. The lowest BCUT2D eigenvalue weighted by Crippen LogP contribution is -2.40. The molecule has 0 bridgehead atoms. The van der Waals surface area contributed by atoms with E-state index in [4.69, 9.17) is 11.6 Å². The summed E-state index contributed by atoms with van der Waals surface area (Å²) in [5, 5.41) is 18.3. The van der Waals surface area contributed by atoms with Crippen molar-refractivity contribution >= 4 is 28.9 Å². The van der Waals surface area contributed by atoms with E-state index in [1.165, 1.54) is 11.8 Å². The zero-order valence-corrected chi connectivity index (χ0v) is 14.7. The van der Waals surface area contributed by atoms with Crippen LogP contribution in [0, 0.1) is 13.8 Å². The van der Waals surface area contributed by atoms with E-state index in [-0.39, 0.29) is 12.5 Å². The molecule has 1 unspecified atom stereocenters. The summed E-state index contributed by atoms with van der Waals surface area (Å²) in [7, 11) is 0. The number of hydrogen-bond acceptors (Lipinski definition) is 4. The number of aliphatic hydroxyl groups excluding tert-OH is 1. The molecule has 6 heteroatoms. The predicted octanol–water partition coefficient (Wildman–Crippen LogP) is 4.41. The summed E-state index contributed by atoms with van der Waals surface area (Å²) in [4.78, 5) is 13.7. The van der Waals surface area contributed by atoms with Crippen LogP contribution in [0.5, 0.6) is 0 Å². The van der Waals surface area contributed by atoms with Crippen molar-refractivity contribution in [1.82, 2.24) is 0 Å². The first-order valence-corrected chi connectivity index (χ1v) is 7.96. The molecule has 2 rings (SSSR count). The fourth-order valence-corrected chi connectivity index (χ4v) is 2.49. The van der Waals surface area contributed by atoms with Gasteiger partial charge in [0.05, 0.1) is 5.02 Å². The van der Waals surface area contributed by atoms with Gasteiger partial charge in [-0.25, -0.2) is 0 Å². The molecule has 0 aromatic heterocycles. The molecule has 0 heterocycles. The van der Waals surface area contributed by atoms with Crippen molar-refractivity contribution < 1.29 is 9.90 Å². The Morgan fingerprint density at radius 3 is 2.38 bits per heavy atom. The number of carbonyl (C=O) groups is 1. The average Bonchev–Trinajstić information content (AvgIpc) is 2.51. The maximum atomic E-state index is 12.4. The first-order valence-electron chi connectivity index (χ1n) is 7.59. The van der Waals surface area contributed by atoms with Crippen molar-refractivity contribution in [2.75, 3.05) is 11.4 Å². The number of nitrogens with zero attached hydrogens (tertiary/aromatic N) is 3. The van der Waals surface area contributed by atoms with Gasteiger partial charge < -0.3 is 5.11 Å². The van der Waals surface area contributed by atoms with Gasteiger partial charge in [0.25, 0.3) is 5.91 Å². The van der Waals surface area contributed by atoms with E-state index in [2.05, 4.69) is 10.2 Å². The molecular weight excluding hydrogens is 326 g/mol. The van der Waals surface area contributed by atoms with Crippen molar-refractivity contribution in [3.05, 3.63) is 58.6 Å². The topological polar surface area (TPSA) is 65.3 Å². The van der Waals surface area contributed by atoms with Crippen LogP contribution < -0.4 is 4.90 Å². The number of halogens is 1. The number of amides is 1. The van der Waals surface area contributed by atoms with Crippen LogP contribution in [-0.2, 0) is 4.79 Å². The van der Waals surface area contributed by atoms with Crippen molar-refractivity contribution in [3.8, 4) is 0 Å². The Morgan fingerprint density at radius 1 is 1.17 bits per heavy atom. The van der Waals surface area contributed by atoms with Crippen molar-refractivity contribution in [2.45, 2.75) is 27.0 Å². The van der Waals surface area contributed by atoms with Crippen molar-refractivity contribution in [1.29, 1.82) is 0 Å². The summed E-state index contributed by atoms with van der Waals surface area (Å²) >= 11 is 6.08. The second-order valence-corrected chi connectivity index (χ2v) is 5.99. The van der Waals surface area contributed by atoms with Crippen LogP contribution in [0.1, 0.15) is 18.1 Å². The lowest BCUT2D eigenvalue weighted by molar-refractivity contribution is -0.119. The third kappa shape index (κ3) is 4.63. The second-order valence-electron chi connectivity index (χ2n) is 5.59. The van der Waals surface area contributed by atoms with Crippen LogP contribution in [0.4, 0.5) is 11.4 Å². The van der Waals surface area contributed by atoms with Gasteiger partial charge in [-0.05, 0) is 50.6 Å². The normalized spacial score (nSPS) is 12.4. The van der Waals surface area contributed by atoms with Gasteiger partial charge in [-0.15, -0.1) is 0 Å². The Labute approximate surface area is 146 Å². The molecule has 0 saturated carbocycles. The highest BCUT2D eigenvalue weighted by Gasteiger charge is 2.19. The number of hydrogen-bond donors (Lipinski definition) is 1. The molecule has 24 heavy (non-hydrogen) atoms. The monoisotopic (exact) mass is 345 g/mol. The summed E-state index contributed by atoms with van der Waals surface area (Å²) < 4.78 is 0. The molecule has 126 valence electrons. The van der Waals surface area contributed by atoms with Gasteiger partial charge in [-0.3, -0.25) is 9.69 Å². The van der Waals surface area contributed by atoms with Crippen LogP contribution in [-0.4, -0.2) is 23.8 Å². The third-order valence-electron chi connectivity index (χ3n) is 3.44. The molecule has 0 aliphatic carbocycles. The van der Waals surface area contributed by atoms with Crippen LogP contribution in [0.2, 0.25) is 5.02 Å². The van der Waals surface area contributed by atoms with Gasteiger partial charge in [0.15, 0.2) is 0 Å². The van der Waals surface area contributed by atoms with Crippen LogP contribution >= 0.6 is 11.6 Å². The predicted molar refractivity (Wildman–Crippen MR) is 95.9 cm³/mol. The fraction of sp³-hybridized carbons (Fsp3) is 0.278. The van der Waals surface area contributed by atoms with Crippen molar-refractivity contribution in [2.24, 2.45) is 10.2 Å². The number of rotatable bonds is 5. The molecule has 0 spiro atoms. The summed E-state index contributed by atoms with van der Waals surface area (Å²) in [5.41, 5.74) is 3.22. The zero-order valence-electron chi connectivity index (χ0n) is 13.9. The molecule has 1 N–H and O–H groups in total. The standard InChI is InChI=1S/C18H20ClN3O2/c1-12-4-7-15(8-5-12)22(14(3)23)18(24)11-20-21-17-9-6-13(2)10-16(17)19/h4-10,14,23H,11H2,1-3H3. The minimum absolute atomic E-state index is 0.178. The molecule has 1 amide bonds. The Hall–Kier alpha value is -2.24. The molecule has 0 aliphatic rings. The van der Waals surface area contributed by atoms with E-state index in [9.17, 15) is 9.90 Å². The van der Waals surface area contributed by atoms with Gasteiger partial charge >= 0.3 is 0 Å². The average molecular weight is 346 g/mol. The van der Waals surface area contributed by atoms with Gasteiger partial charge in [0, 0.05) is 5.69 Å². The maximum Gasteiger partial charge on any atom is 0.252 e. The van der Waals surface area contributed by atoms with Gasteiger partial charge in [0.2, 0.25) is 0 Å². The van der Waals surface area contributed by atoms with E-state index in [0.717, 1.165) is 11.1 Å². The number of azo groups is 1. The molecular formula is C18H20ClN3O2. The summed E-state index contributed by atoms with van der Waals surface area (Å²) in [6.07, 6.45) is -0.960. The van der Waals surface area contributed by atoms with E-state index < -0.39 is 6.23 Å². The molecule has 1 atom stereocenters. The van der Waals surface area contributed by atoms with Crippen LogP contribution in [0.15, 0.2) is 52.7 Å². The Bertz CT molecular complexity index is 742.